The van der Waals surface area contributed by atoms with E-state index < -0.39 is 11.2 Å². The smallest absolute Gasteiger partial charge is 0.410 e. The van der Waals surface area contributed by atoms with E-state index in [9.17, 15) is 9.59 Å². The van der Waals surface area contributed by atoms with Crippen LogP contribution in [0.2, 0.25) is 0 Å². The molecule has 1 saturated heterocycles. The fraction of sp³-hybridized carbons (Fsp3) is 0.852. The quantitative estimate of drug-likeness (QED) is 0.559. The maximum Gasteiger partial charge on any atom is 0.410 e. The van der Waals surface area contributed by atoms with Gasteiger partial charge in [0.15, 0.2) is 0 Å². The van der Waals surface area contributed by atoms with Crippen molar-refractivity contribution in [1.29, 1.82) is 0 Å². The summed E-state index contributed by atoms with van der Waals surface area (Å²) >= 11 is 0. The van der Waals surface area contributed by atoms with Crippen LogP contribution in [0.15, 0.2) is 12.7 Å². The van der Waals surface area contributed by atoms with Crippen molar-refractivity contribution < 1.29 is 19.1 Å². The van der Waals surface area contributed by atoms with Crippen molar-refractivity contribution in [1.82, 2.24) is 15.5 Å². The van der Waals surface area contributed by atoms with Gasteiger partial charge in [-0.1, -0.05) is 18.9 Å². The third-order valence-electron chi connectivity index (χ3n) is 8.95. The molecule has 3 saturated carbocycles. The second kappa shape index (κ2) is 8.14. The van der Waals surface area contributed by atoms with E-state index in [1.807, 2.05) is 41.5 Å². The number of amides is 2. The number of nitrogens with one attached hydrogen (secondary N) is 2. The zero-order valence-electron chi connectivity index (χ0n) is 22.1. The van der Waals surface area contributed by atoms with Gasteiger partial charge in [0.1, 0.15) is 11.2 Å². The number of hydrogen-bond acceptors (Lipinski definition) is 5. The molecule has 2 unspecified atom stereocenters. The zero-order valence-corrected chi connectivity index (χ0v) is 22.1. The van der Waals surface area contributed by atoms with E-state index in [4.69, 9.17) is 9.47 Å². The van der Waals surface area contributed by atoms with Crippen LogP contribution >= 0.6 is 0 Å². The lowest BCUT2D eigenvalue weighted by Gasteiger charge is -2.86. The molecule has 4 atom stereocenters. The van der Waals surface area contributed by atoms with Gasteiger partial charge in [-0.3, -0.25) is 0 Å². The van der Waals surface area contributed by atoms with Gasteiger partial charge in [-0.05, 0) is 84.5 Å². The van der Waals surface area contributed by atoms with Gasteiger partial charge in [0.25, 0.3) is 0 Å². The monoisotopic (exact) mass is 475 g/mol. The molecule has 4 fully saturated rings. The molecule has 1 heterocycles. The van der Waals surface area contributed by atoms with Crippen molar-refractivity contribution in [3.8, 4) is 0 Å². The highest BCUT2D eigenvalue weighted by Crippen LogP contribution is 2.87. The van der Waals surface area contributed by atoms with E-state index in [1.165, 1.54) is 0 Å². The number of ether oxygens (including phenoxy) is 2. The second-order valence-electron chi connectivity index (χ2n) is 13.2. The van der Waals surface area contributed by atoms with Gasteiger partial charge in [-0.25, -0.2) is 9.59 Å². The topological polar surface area (TPSA) is 79.9 Å². The predicted molar refractivity (Wildman–Crippen MR) is 133 cm³/mol. The van der Waals surface area contributed by atoms with E-state index in [-0.39, 0.29) is 34.0 Å². The van der Waals surface area contributed by atoms with E-state index in [0.29, 0.717) is 13.1 Å². The van der Waals surface area contributed by atoms with Crippen molar-refractivity contribution in [2.24, 2.45) is 16.2 Å². The van der Waals surface area contributed by atoms with Crippen LogP contribution in [0.3, 0.4) is 0 Å². The average molecular weight is 476 g/mol. The number of nitrogens with zero attached hydrogens (tertiary/aromatic N) is 1. The van der Waals surface area contributed by atoms with Gasteiger partial charge in [0.2, 0.25) is 0 Å². The summed E-state index contributed by atoms with van der Waals surface area (Å²) in [4.78, 5) is 28.3. The molecule has 7 nitrogen and oxygen atoms in total. The van der Waals surface area contributed by atoms with Crippen LogP contribution in [0.4, 0.5) is 9.59 Å². The lowest BCUT2D eigenvalue weighted by Crippen LogP contribution is -2.89. The fourth-order valence-corrected chi connectivity index (χ4v) is 8.41. The first-order valence-electron chi connectivity index (χ1n) is 13.0. The first-order chi connectivity index (χ1) is 15.8. The first kappa shape index (κ1) is 25.3. The Kier molecular flexibility index (Phi) is 6.07. The van der Waals surface area contributed by atoms with E-state index >= 15 is 0 Å². The highest BCUT2D eigenvalue weighted by molar-refractivity contribution is 5.71. The standard InChI is InChI=1S/C27H45N3O4/c1-8-11-24-16-25(18-29-20(31)33-22(2,3)4)12-9-10-13-26(17-24)27(24,25)19-28-14-15-30(26)21(32)34-23(5,6)7/h8,28H,1,9-19H2,2-7H3,(H,29,31)/t24-,25?,26?,27+/m0/s1. The van der Waals surface area contributed by atoms with Crippen LogP contribution in [0, 0.1) is 16.2 Å². The summed E-state index contributed by atoms with van der Waals surface area (Å²) in [7, 11) is 0. The van der Waals surface area contributed by atoms with E-state index in [1.54, 1.807) is 0 Å². The van der Waals surface area contributed by atoms with Gasteiger partial charge in [-0.15, -0.1) is 6.58 Å². The number of alkyl carbamates (subject to hydrolysis) is 1. The number of hydrogen-bond donors (Lipinski definition) is 2. The Hall–Kier alpha value is -1.76. The molecule has 4 rings (SSSR count). The Labute approximate surface area is 205 Å². The molecule has 2 N–H and O–H groups in total. The molecule has 1 aliphatic heterocycles. The van der Waals surface area contributed by atoms with Crippen LogP contribution in [-0.2, 0) is 9.47 Å². The van der Waals surface area contributed by atoms with Gasteiger partial charge >= 0.3 is 12.2 Å². The highest BCUT2D eigenvalue weighted by atomic mass is 16.6. The SMILES string of the molecule is C=CC[C@]12CC3(CNC(=O)OC(C)(C)C)CCCCC4(C1)N(C(=O)OC(C)(C)C)CCNC[C@@]342. The summed E-state index contributed by atoms with van der Waals surface area (Å²) in [6, 6.07) is 0. The third-order valence-corrected chi connectivity index (χ3v) is 8.95. The Morgan fingerprint density at radius 1 is 1.03 bits per heavy atom. The molecule has 34 heavy (non-hydrogen) atoms. The van der Waals surface area contributed by atoms with Crippen molar-refractivity contribution in [2.75, 3.05) is 26.2 Å². The van der Waals surface area contributed by atoms with Crippen molar-refractivity contribution in [2.45, 2.75) is 103 Å². The summed E-state index contributed by atoms with van der Waals surface area (Å²) in [5, 5.41) is 6.84. The van der Waals surface area contributed by atoms with Crippen LogP contribution in [0.25, 0.3) is 0 Å². The Bertz CT molecular complexity index is 846. The van der Waals surface area contributed by atoms with Gasteiger partial charge in [0, 0.05) is 31.6 Å². The van der Waals surface area contributed by atoms with E-state index in [2.05, 4.69) is 28.2 Å². The molecule has 3 aliphatic carbocycles. The molecule has 7 heteroatoms. The molecule has 4 aliphatic rings. The van der Waals surface area contributed by atoms with Gasteiger partial charge < -0.3 is 25.0 Å². The first-order valence-corrected chi connectivity index (χ1v) is 13.0. The molecule has 1 spiro atoms. The van der Waals surface area contributed by atoms with Crippen molar-refractivity contribution in [3.63, 3.8) is 0 Å². The number of carbonyl (C=O) groups is 2. The van der Waals surface area contributed by atoms with Gasteiger partial charge in [-0.2, -0.15) is 0 Å². The average Bonchev–Trinajstić information content (AvgIpc) is 2.83. The third kappa shape index (κ3) is 3.64. The number of carbonyl (C=O) groups excluding carboxylic acids is 2. The van der Waals surface area contributed by atoms with Crippen LogP contribution in [0.1, 0.15) is 86.5 Å². The molecule has 0 bridgehead atoms. The van der Waals surface area contributed by atoms with Crippen LogP contribution in [-0.4, -0.2) is 60.0 Å². The summed E-state index contributed by atoms with van der Waals surface area (Å²) in [5.74, 6) is 0. The summed E-state index contributed by atoms with van der Waals surface area (Å²) in [5.41, 5.74) is -1.44. The molecule has 0 radical (unpaired) electrons. The molecule has 0 aromatic rings. The number of allylic oxidation sites excluding steroid dienone is 1. The van der Waals surface area contributed by atoms with Crippen molar-refractivity contribution in [3.05, 3.63) is 12.7 Å². The van der Waals surface area contributed by atoms with E-state index in [0.717, 1.165) is 58.0 Å². The molecular formula is C27H45N3O4. The van der Waals surface area contributed by atoms with Crippen molar-refractivity contribution >= 4 is 12.2 Å². The zero-order chi connectivity index (χ0) is 25.0. The second-order valence-corrected chi connectivity index (χ2v) is 13.2. The minimum Gasteiger partial charge on any atom is -0.444 e. The molecule has 0 aromatic carbocycles. The predicted octanol–water partition coefficient (Wildman–Crippen LogP) is 5.01. The maximum absolute atomic E-state index is 13.6. The minimum atomic E-state index is -0.539. The fourth-order valence-electron chi connectivity index (χ4n) is 8.41. The molecule has 0 aromatic heterocycles. The molecule has 2 amide bonds. The largest absolute Gasteiger partial charge is 0.444 e. The normalized spacial score (nSPS) is 36.9. The summed E-state index contributed by atoms with van der Waals surface area (Å²) in [6.07, 6.45) is 8.68. The Morgan fingerprint density at radius 2 is 1.71 bits per heavy atom. The Morgan fingerprint density at radius 3 is 2.35 bits per heavy atom. The maximum atomic E-state index is 13.6. The summed E-state index contributed by atoms with van der Waals surface area (Å²) in [6.45, 7) is 18.4. The Balaban J connectivity index is 1.72. The minimum absolute atomic E-state index is 0.0841. The number of rotatable bonds is 4. The van der Waals surface area contributed by atoms with Crippen LogP contribution < -0.4 is 10.6 Å². The molecular weight excluding hydrogens is 430 g/mol. The molecule has 192 valence electrons. The summed E-state index contributed by atoms with van der Waals surface area (Å²) < 4.78 is 11.5. The van der Waals surface area contributed by atoms with Gasteiger partial charge in [0.05, 0.1) is 5.54 Å². The highest BCUT2D eigenvalue weighted by Gasteiger charge is 2.88. The van der Waals surface area contributed by atoms with Crippen LogP contribution in [0.5, 0.6) is 0 Å². The lowest BCUT2D eigenvalue weighted by atomic mass is 9.20. The lowest BCUT2D eigenvalue weighted by molar-refractivity contribution is -0.361.